The van der Waals surface area contributed by atoms with Crippen LogP contribution in [0, 0.1) is 6.92 Å². The fourth-order valence-electron chi connectivity index (χ4n) is 3.54. The lowest BCUT2D eigenvalue weighted by atomic mass is 9.83. The number of hydrazine groups is 1. The van der Waals surface area contributed by atoms with Crippen molar-refractivity contribution in [2.75, 3.05) is 12.1 Å². The summed E-state index contributed by atoms with van der Waals surface area (Å²) in [6, 6.07) is 17.7. The van der Waals surface area contributed by atoms with Gasteiger partial charge in [-0.05, 0) is 24.6 Å². The molecule has 6 heteroatoms. The number of hydrogen-bond donors (Lipinski definition) is 1. The van der Waals surface area contributed by atoms with E-state index in [9.17, 15) is 4.79 Å². The first kappa shape index (κ1) is 19.4. The molecule has 1 amide bonds. The highest BCUT2D eigenvalue weighted by molar-refractivity contribution is 5.95. The zero-order chi connectivity index (χ0) is 18.1. The molecule has 1 fully saturated rings. The Balaban J connectivity index is 0.00000210. The number of carbonyl (C=O) groups is 1. The number of amides is 1. The second kappa shape index (κ2) is 7.72. The van der Waals surface area contributed by atoms with E-state index in [0.717, 1.165) is 22.5 Å². The molecule has 2 aromatic rings. The van der Waals surface area contributed by atoms with Crippen LogP contribution in [0.25, 0.3) is 0 Å². The monoisotopic (exact) mass is 386 g/mol. The number of ether oxygens (including phenoxy) is 2. The van der Waals surface area contributed by atoms with Crippen LogP contribution in [-0.4, -0.2) is 19.3 Å². The Kier molecular flexibility index (Phi) is 5.56. The molecule has 0 radical (unpaired) electrons. The standard InChI is InChI=1S/C21H22N2O3.ClH/c1-15-8-10-17(11-9-15)23-19(24)14-21(16-6-4-3-5-7-16)18(22-23)12-13-20(25-2)26-21;/h3-12,20,22H,13-14H2,1-2H3;1H/t20-,21+;/m0./s1. The molecule has 2 atom stereocenters. The van der Waals surface area contributed by atoms with Gasteiger partial charge in [0.1, 0.15) is 5.60 Å². The van der Waals surface area contributed by atoms with Crippen molar-refractivity contribution in [1.29, 1.82) is 0 Å². The highest BCUT2D eigenvalue weighted by Crippen LogP contribution is 2.44. The van der Waals surface area contributed by atoms with Crippen LogP contribution in [0.1, 0.15) is 24.0 Å². The van der Waals surface area contributed by atoms with Gasteiger partial charge in [0.05, 0.1) is 17.8 Å². The molecule has 1 N–H and O–H groups in total. The number of carbonyl (C=O) groups excluding carboxylic acids is 1. The summed E-state index contributed by atoms with van der Waals surface area (Å²) in [5, 5.41) is 1.60. The minimum atomic E-state index is -0.849. The molecule has 5 nitrogen and oxygen atoms in total. The molecule has 142 valence electrons. The van der Waals surface area contributed by atoms with Crippen LogP contribution in [0.15, 0.2) is 66.4 Å². The van der Waals surface area contributed by atoms with Gasteiger partial charge in [-0.15, -0.1) is 12.4 Å². The summed E-state index contributed by atoms with van der Waals surface area (Å²) in [5.41, 5.74) is 6.22. The van der Waals surface area contributed by atoms with Crippen molar-refractivity contribution >= 4 is 24.0 Å². The van der Waals surface area contributed by atoms with E-state index in [-0.39, 0.29) is 31.0 Å². The maximum Gasteiger partial charge on any atom is 0.249 e. The second-order valence-corrected chi connectivity index (χ2v) is 6.68. The van der Waals surface area contributed by atoms with E-state index in [2.05, 4.69) is 11.5 Å². The minimum absolute atomic E-state index is 0. The topological polar surface area (TPSA) is 50.8 Å². The largest absolute Gasteiger partial charge is 0.356 e. The van der Waals surface area contributed by atoms with Crippen molar-refractivity contribution in [3.63, 3.8) is 0 Å². The smallest absolute Gasteiger partial charge is 0.249 e. The lowest BCUT2D eigenvalue weighted by molar-refractivity contribution is -0.204. The van der Waals surface area contributed by atoms with E-state index >= 15 is 0 Å². The van der Waals surface area contributed by atoms with E-state index in [1.807, 2.05) is 61.5 Å². The molecule has 2 aliphatic heterocycles. The van der Waals surface area contributed by atoms with Gasteiger partial charge in [-0.3, -0.25) is 10.2 Å². The van der Waals surface area contributed by atoms with Gasteiger partial charge < -0.3 is 9.47 Å². The van der Waals surface area contributed by atoms with Crippen molar-refractivity contribution < 1.29 is 14.3 Å². The van der Waals surface area contributed by atoms with Crippen LogP contribution in [0.5, 0.6) is 0 Å². The number of anilines is 1. The third-order valence-electron chi connectivity index (χ3n) is 4.96. The number of benzene rings is 2. The molecule has 0 aliphatic carbocycles. The lowest BCUT2D eigenvalue weighted by Crippen LogP contribution is -2.58. The number of methoxy groups -OCH3 is 1. The van der Waals surface area contributed by atoms with Gasteiger partial charge >= 0.3 is 0 Å². The Morgan fingerprint density at radius 1 is 1.15 bits per heavy atom. The predicted molar refractivity (Wildman–Crippen MR) is 106 cm³/mol. The number of nitrogens with zero attached hydrogens (tertiary/aromatic N) is 1. The molecule has 27 heavy (non-hydrogen) atoms. The Bertz CT molecular complexity index is 838. The maximum atomic E-state index is 13.0. The van der Waals surface area contributed by atoms with Gasteiger partial charge in [0.15, 0.2) is 6.29 Å². The van der Waals surface area contributed by atoms with Gasteiger partial charge in [0.25, 0.3) is 0 Å². The number of halogens is 1. The summed E-state index contributed by atoms with van der Waals surface area (Å²) in [6.45, 7) is 2.03. The summed E-state index contributed by atoms with van der Waals surface area (Å²) >= 11 is 0. The molecular formula is C21H23ClN2O3. The minimum Gasteiger partial charge on any atom is -0.356 e. The van der Waals surface area contributed by atoms with Gasteiger partial charge in [0, 0.05) is 13.5 Å². The van der Waals surface area contributed by atoms with E-state index < -0.39 is 5.60 Å². The molecule has 1 saturated heterocycles. The van der Waals surface area contributed by atoms with Crippen molar-refractivity contribution in [1.82, 2.24) is 5.43 Å². The van der Waals surface area contributed by atoms with Crippen LogP contribution in [-0.2, 0) is 19.9 Å². The summed E-state index contributed by atoms with van der Waals surface area (Å²) in [7, 11) is 1.62. The highest BCUT2D eigenvalue weighted by atomic mass is 35.5. The number of aryl methyl sites for hydroxylation is 1. The molecule has 0 spiro atoms. The van der Waals surface area contributed by atoms with Crippen LogP contribution in [0.2, 0.25) is 0 Å². The average Bonchev–Trinajstić information content (AvgIpc) is 2.68. The predicted octanol–water partition coefficient (Wildman–Crippen LogP) is 3.83. The summed E-state index contributed by atoms with van der Waals surface area (Å²) in [4.78, 5) is 13.0. The fourth-order valence-corrected chi connectivity index (χ4v) is 3.54. The van der Waals surface area contributed by atoms with Gasteiger partial charge in [-0.25, -0.2) is 5.01 Å². The first-order valence-corrected chi connectivity index (χ1v) is 8.75. The van der Waals surface area contributed by atoms with Crippen molar-refractivity contribution in [2.24, 2.45) is 0 Å². The van der Waals surface area contributed by atoms with E-state index in [1.165, 1.54) is 0 Å². The number of fused-ring (bicyclic) bond motifs is 1. The third-order valence-corrected chi connectivity index (χ3v) is 4.96. The van der Waals surface area contributed by atoms with Gasteiger partial charge in [-0.2, -0.15) is 0 Å². The Morgan fingerprint density at radius 3 is 2.52 bits per heavy atom. The van der Waals surface area contributed by atoms with Crippen LogP contribution >= 0.6 is 12.4 Å². The summed E-state index contributed by atoms with van der Waals surface area (Å²) < 4.78 is 11.7. The highest BCUT2D eigenvalue weighted by Gasteiger charge is 2.49. The molecule has 2 heterocycles. The summed E-state index contributed by atoms with van der Waals surface area (Å²) in [6.07, 6.45) is 2.53. The normalized spacial score (nSPS) is 24.4. The molecule has 0 unspecified atom stereocenters. The molecule has 2 aromatic carbocycles. The summed E-state index contributed by atoms with van der Waals surface area (Å²) in [5.74, 6) is -0.0494. The first-order chi connectivity index (χ1) is 12.6. The number of rotatable bonds is 3. The molecule has 0 saturated carbocycles. The van der Waals surface area contributed by atoms with Crippen molar-refractivity contribution in [2.45, 2.75) is 31.7 Å². The first-order valence-electron chi connectivity index (χ1n) is 8.75. The number of hydrogen-bond acceptors (Lipinski definition) is 4. The zero-order valence-electron chi connectivity index (χ0n) is 15.3. The lowest BCUT2D eigenvalue weighted by Gasteiger charge is -2.47. The maximum absolute atomic E-state index is 13.0. The average molecular weight is 387 g/mol. The second-order valence-electron chi connectivity index (χ2n) is 6.68. The molecule has 4 rings (SSSR count). The van der Waals surface area contributed by atoms with E-state index in [4.69, 9.17) is 9.47 Å². The fraction of sp³-hybridized carbons (Fsp3) is 0.286. The van der Waals surface area contributed by atoms with E-state index in [1.54, 1.807) is 12.1 Å². The van der Waals surface area contributed by atoms with Crippen molar-refractivity contribution in [3.8, 4) is 0 Å². The molecule has 0 bridgehead atoms. The Labute approximate surface area is 165 Å². The van der Waals surface area contributed by atoms with Crippen molar-refractivity contribution in [3.05, 3.63) is 77.5 Å². The van der Waals surface area contributed by atoms with E-state index in [0.29, 0.717) is 6.42 Å². The van der Waals surface area contributed by atoms with Gasteiger partial charge in [0.2, 0.25) is 5.91 Å². The zero-order valence-corrected chi connectivity index (χ0v) is 16.2. The van der Waals surface area contributed by atoms with Crippen LogP contribution in [0.3, 0.4) is 0 Å². The quantitative estimate of drug-likeness (QED) is 0.871. The van der Waals surface area contributed by atoms with Crippen LogP contribution < -0.4 is 10.4 Å². The molecule has 2 aliphatic rings. The molecule has 0 aromatic heterocycles. The number of nitrogens with one attached hydrogen (secondary N) is 1. The van der Waals surface area contributed by atoms with Gasteiger partial charge in [-0.1, -0.05) is 54.1 Å². The molecular weight excluding hydrogens is 364 g/mol. The SMILES string of the molecule is CO[C@@H]1CC=C2NN(c3ccc(C)cc3)C(=O)C[C@]2(c2ccccc2)O1.Cl. The Hall–Kier alpha value is -2.34. The van der Waals surface area contributed by atoms with Crippen LogP contribution in [0.4, 0.5) is 5.69 Å². The third kappa shape index (κ3) is 3.46. The Morgan fingerprint density at radius 2 is 1.85 bits per heavy atom.